The molecular formula is C14H22N2O2. The number of carbonyl (C=O) groups is 1. The van der Waals surface area contributed by atoms with Crippen LogP contribution in [0.15, 0.2) is 18.2 Å². The van der Waals surface area contributed by atoms with Gasteiger partial charge >= 0.3 is 0 Å². The zero-order valence-corrected chi connectivity index (χ0v) is 11.6. The normalized spacial score (nSPS) is 11.0. The summed E-state index contributed by atoms with van der Waals surface area (Å²) in [7, 11) is 7.83. The summed E-state index contributed by atoms with van der Waals surface area (Å²) >= 11 is 0. The highest BCUT2D eigenvalue weighted by Gasteiger charge is 2.07. The molecular weight excluding hydrogens is 228 g/mol. The molecule has 1 aromatic carbocycles. The highest BCUT2D eigenvalue weighted by molar-refractivity contribution is 5.75. The van der Waals surface area contributed by atoms with E-state index in [-0.39, 0.29) is 0 Å². The standard InChI is InChI=1S/C14H22N2O2/c1-15(2)7-8-16(3)10-13-9-12(11-17)5-6-14(13)18-4/h5-6,9,11H,7-8,10H2,1-4H3. The van der Waals surface area contributed by atoms with Crippen LogP contribution in [0.1, 0.15) is 15.9 Å². The molecule has 0 aromatic heterocycles. The molecule has 0 atom stereocenters. The van der Waals surface area contributed by atoms with Gasteiger partial charge in [0.05, 0.1) is 7.11 Å². The SMILES string of the molecule is COc1ccc(C=O)cc1CN(C)CCN(C)C. The van der Waals surface area contributed by atoms with Crippen molar-refractivity contribution in [3.8, 4) is 5.75 Å². The molecule has 1 aromatic rings. The molecule has 0 N–H and O–H groups in total. The molecule has 4 heteroatoms. The maximum absolute atomic E-state index is 10.8. The maximum Gasteiger partial charge on any atom is 0.150 e. The maximum atomic E-state index is 10.8. The van der Waals surface area contributed by atoms with Crippen molar-refractivity contribution < 1.29 is 9.53 Å². The molecule has 0 amide bonds. The average molecular weight is 250 g/mol. The van der Waals surface area contributed by atoms with E-state index in [0.717, 1.165) is 37.2 Å². The second-order valence-electron chi connectivity index (χ2n) is 4.73. The molecule has 0 spiro atoms. The van der Waals surface area contributed by atoms with Crippen LogP contribution < -0.4 is 4.74 Å². The lowest BCUT2D eigenvalue weighted by atomic mass is 10.1. The van der Waals surface area contributed by atoms with Crippen molar-refractivity contribution in [3.05, 3.63) is 29.3 Å². The summed E-state index contributed by atoms with van der Waals surface area (Å²) < 4.78 is 5.32. The Morgan fingerprint density at radius 3 is 2.50 bits per heavy atom. The van der Waals surface area contributed by atoms with Crippen molar-refractivity contribution in [2.75, 3.05) is 41.3 Å². The Hall–Kier alpha value is -1.39. The smallest absolute Gasteiger partial charge is 0.150 e. The summed E-state index contributed by atoms with van der Waals surface area (Å²) in [6.07, 6.45) is 0.864. The highest BCUT2D eigenvalue weighted by Crippen LogP contribution is 2.20. The second kappa shape index (κ2) is 7.13. The molecule has 1 rings (SSSR count). The Balaban J connectivity index is 2.72. The predicted octanol–water partition coefficient (Wildman–Crippen LogP) is 1.50. The molecule has 100 valence electrons. The van der Waals surface area contributed by atoms with Gasteiger partial charge in [0.15, 0.2) is 0 Å². The molecule has 0 fully saturated rings. The number of ether oxygens (including phenoxy) is 1. The molecule has 0 unspecified atom stereocenters. The lowest BCUT2D eigenvalue weighted by Gasteiger charge is -2.20. The van der Waals surface area contributed by atoms with E-state index < -0.39 is 0 Å². The predicted molar refractivity (Wildman–Crippen MR) is 73.3 cm³/mol. The number of methoxy groups -OCH3 is 1. The van der Waals surface area contributed by atoms with E-state index in [4.69, 9.17) is 4.74 Å². The van der Waals surface area contributed by atoms with E-state index in [0.29, 0.717) is 5.56 Å². The van der Waals surface area contributed by atoms with E-state index in [2.05, 4.69) is 30.9 Å². The molecule has 0 bridgehead atoms. The first-order valence-corrected chi connectivity index (χ1v) is 6.02. The van der Waals surface area contributed by atoms with Gasteiger partial charge in [0, 0.05) is 30.8 Å². The van der Waals surface area contributed by atoms with Crippen LogP contribution in [-0.4, -0.2) is 57.4 Å². The zero-order valence-electron chi connectivity index (χ0n) is 11.6. The molecule has 0 heterocycles. The molecule has 18 heavy (non-hydrogen) atoms. The molecule has 0 radical (unpaired) electrons. The van der Waals surface area contributed by atoms with Crippen LogP contribution in [0.4, 0.5) is 0 Å². The third-order valence-electron chi connectivity index (χ3n) is 2.81. The fourth-order valence-electron chi connectivity index (χ4n) is 1.74. The second-order valence-corrected chi connectivity index (χ2v) is 4.73. The first kappa shape index (κ1) is 14.7. The van der Waals surface area contributed by atoms with Crippen molar-refractivity contribution in [1.82, 2.24) is 9.80 Å². The Labute approximate surface area is 109 Å². The molecule has 0 aliphatic heterocycles. The highest BCUT2D eigenvalue weighted by atomic mass is 16.5. The van der Waals surface area contributed by atoms with Gasteiger partial charge in [0.2, 0.25) is 0 Å². The van der Waals surface area contributed by atoms with Crippen molar-refractivity contribution in [1.29, 1.82) is 0 Å². The van der Waals surface area contributed by atoms with Gasteiger partial charge in [-0.2, -0.15) is 0 Å². The van der Waals surface area contributed by atoms with E-state index in [1.807, 2.05) is 12.1 Å². The third kappa shape index (κ3) is 4.47. The summed E-state index contributed by atoms with van der Waals surface area (Å²) in [5.41, 5.74) is 1.73. The van der Waals surface area contributed by atoms with Gasteiger partial charge in [-0.3, -0.25) is 4.79 Å². The lowest BCUT2D eigenvalue weighted by Crippen LogP contribution is -2.28. The van der Waals surface area contributed by atoms with E-state index in [1.165, 1.54) is 0 Å². The topological polar surface area (TPSA) is 32.8 Å². The Morgan fingerprint density at radius 1 is 1.22 bits per heavy atom. The van der Waals surface area contributed by atoms with Crippen LogP contribution >= 0.6 is 0 Å². The fraction of sp³-hybridized carbons (Fsp3) is 0.500. The van der Waals surface area contributed by atoms with Gasteiger partial charge in [0.1, 0.15) is 12.0 Å². The average Bonchev–Trinajstić information content (AvgIpc) is 2.36. The van der Waals surface area contributed by atoms with Crippen LogP contribution in [0.25, 0.3) is 0 Å². The quantitative estimate of drug-likeness (QED) is 0.687. The Bertz CT molecular complexity index is 391. The van der Waals surface area contributed by atoms with Crippen LogP contribution in [0.3, 0.4) is 0 Å². The van der Waals surface area contributed by atoms with Crippen LogP contribution in [0.5, 0.6) is 5.75 Å². The summed E-state index contributed by atoms with van der Waals surface area (Å²) in [5, 5.41) is 0. The lowest BCUT2D eigenvalue weighted by molar-refractivity contribution is 0.112. The first-order valence-electron chi connectivity index (χ1n) is 6.02. The number of carbonyl (C=O) groups excluding carboxylic acids is 1. The fourth-order valence-corrected chi connectivity index (χ4v) is 1.74. The summed E-state index contributed by atoms with van der Waals surface area (Å²) in [6.45, 7) is 2.76. The van der Waals surface area contributed by atoms with Gasteiger partial charge < -0.3 is 14.5 Å². The number of rotatable bonds is 7. The van der Waals surface area contributed by atoms with Crippen LogP contribution in [0, 0.1) is 0 Å². The zero-order chi connectivity index (χ0) is 13.5. The van der Waals surface area contributed by atoms with Crippen molar-refractivity contribution in [2.45, 2.75) is 6.54 Å². The third-order valence-corrected chi connectivity index (χ3v) is 2.81. The van der Waals surface area contributed by atoms with E-state index in [1.54, 1.807) is 13.2 Å². The molecule has 4 nitrogen and oxygen atoms in total. The van der Waals surface area contributed by atoms with Crippen LogP contribution in [0.2, 0.25) is 0 Å². The minimum atomic E-state index is 0.687. The number of hydrogen-bond donors (Lipinski definition) is 0. The minimum Gasteiger partial charge on any atom is -0.496 e. The largest absolute Gasteiger partial charge is 0.496 e. The molecule has 0 saturated heterocycles. The Kier molecular flexibility index (Phi) is 5.82. The summed E-state index contributed by atoms with van der Waals surface area (Å²) in [4.78, 5) is 15.2. The van der Waals surface area contributed by atoms with Gasteiger partial charge in [-0.05, 0) is 39.3 Å². The summed E-state index contributed by atoms with van der Waals surface area (Å²) in [5.74, 6) is 0.831. The Morgan fingerprint density at radius 2 is 1.94 bits per heavy atom. The minimum absolute atomic E-state index is 0.687. The van der Waals surface area contributed by atoms with Gasteiger partial charge in [-0.1, -0.05) is 0 Å². The number of aldehydes is 1. The van der Waals surface area contributed by atoms with Crippen molar-refractivity contribution >= 4 is 6.29 Å². The number of hydrogen-bond acceptors (Lipinski definition) is 4. The van der Waals surface area contributed by atoms with E-state index in [9.17, 15) is 4.79 Å². The monoisotopic (exact) mass is 250 g/mol. The van der Waals surface area contributed by atoms with E-state index >= 15 is 0 Å². The van der Waals surface area contributed by atoms with Crippen molar-refractivity contribution in [3.63, 3.8) is 0 Å². The van der Waals surface area contributed by atoms with Gasteiger partial charge in [-0.15, -0.1) is 0 Å². The first-order chi connectivity index (χ1) is 8.56. The number of benzene rings is 1. The molecule has 0 aliphatic rings. The molecule has 0 saturated carbocycles. The van der Waals surface area contributed by atoms with Gasteiger partial charge in [0.25, 0.3) is 0 Å². The summed E-state index contributed by atoms with van der Waals surface area (Å²) in [6, 6.07) is 5.51. The molecule has 0 aliphatic carbocycles. The van der Waals surface area contributed by atoms with Crippen LogP contribution in [-0.2, 0) is 6.54 Å². The number of likely N-dealkylation sites (N-methyl/N-ethyl adjacent to an activating group) is 2. The van der Waals surface area contributed by atoms with Gasteiger partial charge in [-0.25, -0.2) is 0 Å². The number of nitrogens with zero attached hydrogens (tertiary/aromatic N) is 2. The van der Waals surface area contributed by atoms with Crippen molar-refractivity contribution in [2.24, 2.45) is 0 Å².